The van der Waals surface area contributed by atoms with Crippen LogP contribution < -0.4 is 4.90 Å². The van der Waals surface area contributed by atoms with Crippen LogP contribution in [0, 0.1) is 6.92 Å². The first-order valence-corrected chi connectivity index (χ1v) is 10.2. The van der Waals surface area contributed by atoms with Crippen LogP contribution in [0.1, 0.15) is 10.6 Å². The second kappa shape index (κ2) is 6.62. The SMILES string of the molecule is Cc1nc(-c2ccc3c(c2)CCN3C(=O)CSc2nncs2)cs1. The molecule has 0 atom stereocenters. The highest BCUT2D eigenvalue weighted by Gasteiger charge is 2.25. The van der Waals surface area contributed by atoms with Crippen molar-refractivity contribution in [3.8, 4) is 11.3 Å². The fourth-order valence-corrected chi connectivity index (χ4v) is 4.73. The van der Waals surface area contributed by atoms with E-state index in [0.29, 0.717) is 5.75 Å². The number of thioether (sulfide) groups is 1. The number of aryl methyl sites for hydroxylation is 1. The number of fused-ring (bicyclic) bond motifs is 1. The van der Waals surface area contributed by atoms with Crippen molar-refractivity contribution >= 4 is 46.0 Å². The molecule has 0 bridgehead atoms. The molecule has 1 aliphatic rings. The molecule has 0 saturated heterocycles. The molecular weight excluding hydrogens is 360 g/mol. The summed E-state index contributed by atoms with van der Waals surface area (Å²) in [6, 6.07) is 6.26. The van der Waals surface area contributed by atoms with Crippen LogP contribution in [0.3, 0.4) is 0 Å². The van der Waals surface area contributed by atoms with Gasteiger partial charge in [-0.25, -0.2) is 4.98 Å². The summed E-state index contributed by atoms with van der Waals surface area (Å²) in [6.07, 6.45) is 0.890. The predicted octanol–water partition coefficient (Wildman–Crippen LogP) is 3.65. The molecule has 3 heterocycles. The summed E-state index contributed by atoms with van der Waals surface area (Å²) in [4.78, 5) is 18.9. The summed E-state index contributed by atoms with van der Waals surface area (Å²) in [7, 11) is 0. The molecule has 1 amide bonds. The first-order valence-electron chi connectivity index (χ1n) is 7.45. The number of rotatable bonds is 4. The summed E-state index contributed by atoms with van der Waals surface area (Å²) in [5, 5.41) is 10.9. The standard InChI is InChI=1S/C16H14N4OS3/c1-10-18-13(7-22-10)11-2-3-14-12(6-11)4-5-20(14)15(21)8-23-16-19-17-9-24-16/h2-3,6-7,9H,4-5,8H2,1H3. The highest BCUT2D eigenvalue weighted by molar-refractivity contribution is 8.01. The van der Waals surface area contributed by atoms with Gasteiger partial charge in [-0.1, -0.05) is 29.2 Å². The minimum atomic E-state index is 0.117. The van der Waals surface area contributed by atoms with E-state index in [2.05, 4.69) is 32.7 Å². The maximum absolute atomic E-state index is 12.5. The predicted molar refractivity (Wildman–Crippen MR) is 99.0 cm³/mol. The zero-order valence-corrected chi connectivity index (χ0v) is 15.4. The van der Waals surface area contributed by atoms with Crippen molar-refractivity contribution in [3.05, 3.63) is 39.7 Å². The van der Waals surface area contributed by atoms with Gasteiger partial charge in [-0.3, -0.25) is 4.79 Å². The molecule has 0 aliphatic carbocycles. The lowest BCUT2D eigenvalue weighted by Gasteiger charge is -2.17. The maximum Gasteiger partial charge on any atom is 0.237 e. The number of benzene rings is 1. The van der Waals surface area contributed by atoms with E-state index in [4.69, 9.17) is 0 Å². The third kappa shape index (κ3) is 3.09. The topological polar surface area (TPSA) is 59.0 Å². The number of hydrogen-bond donors (Lipinski definition) is 0. The molecule has 0 unspecified atom stereocenters. The number of anilines is 1. The average molecular weight is 375 g/mol. The number of thiazole rings is 1. The lowest BCUT2D eigenvalue weighted by molar-refractivity contribution is -0.116. The molecule has 1 aliphatic heterocycles. The van der Waals surface area contributed by atoms with Crippen LogP contribution in [0.5, 0.6) is 0 Å². The number of amides is 1. The first-order chi connectivity index (χ1) is 11.7. The molecule has 1 aromatic carbocycles. The van der Waals surface area contributed by atoms with E-state index in [9.17, 15) is 4.79 Å². The second-order valence-corrected chi connectivity index (χ2v) is 8.50. The van der Waals surface area contributed by atoms with Crippen LogP contribution in [0.4, 0.5) is 5.69 Å². The van der Waals surface area contributed by atoms with Crippen LogP contribution >= 0.6 is 34.4 Å². The van der Waals surface area contributed by atoms with Gasteiger partial charge in [0, 0.05) is 23.2 Å². The molecule has 122 valence electrons. The van der Waals surface area contributed by atoms with Crippen LogP contribution in [0.15, 0.2) is 33.4 Å². The third-order valence-corrected chi connectivity index (χ3v) is 6.47. The Balaban J connectivity index is 1.50. The summed E-state index contributed by atoms with van der Waals surface area (Å²) >= 11 is 4.56. The van der Waals surface area contributed by atoms with Gasteiger partial charge in [0.1, 0.15) is 5.51 Å². The van der Waals surface area contributed by atoms with Crippen LogP contribution in [-0.2, 0) is 11.2 Å². The van der Waals surface area contributed by atoms with Gasteiger partial charge in [0.2, 0.25) is 5.91 Å². The summed E-state index contributed by atoms with van der Waals surface area (Å²) in [6.45, 7) is 2.75. The van der Waals surface area contributed by atoms with Crippen LogP contribution in [0.2, 0.25) is 0 Å². The van der Waals surface area contributed by atoms with Gasteiger partial charge >= 0.3 is 0 Å². The van der Waals surface area contributed by atoms with Gasteiger partial charge in [-0.2, -0.15) is 0 Å². The Bertz CT molecular complexity index is 875. The number of hydrogen-bond acceptors (Lipinski definition) is 7. The minimum Gasteiger partial charge on any atom is -0.311 e. The molecule has 0 saturated carbocycles. The molecule has 0 N–H and O–H groups in total. The first kappa shape index (κ1) is 15.7. The molecule has 3 aromatic rings. The average Bonchev–Trinajstić information content (AvgIpc) is 3.32. The van der Waals surface area contributed by atoms with Crippen molar-refractivity contribution in [3.63, 3.8) is 0 Å². The van der Waals surface area contributed by atoms with Gasteiger partial charge in [-0.05, 0) is 31.0 Å². The van der Waals surface area contributed by atoms with Gasteiger partial charge in [0.25, 0.3) is 0 Å². The zero-order chi connectivity index (χ0) is 16.5. The minimum absolute atomic E-state index is 0.117. The third-order valence-electron chi connectivity index (χ3n) is 3.85. The van der Waals surface area contributed by atoms with E-state index in [0.717, 1.165) is 39.3 Å². The Kier molecular flexibility index (Phi) is 4.34. The molecule has 8 heteroatoms. The Morgan fingerprint density at radius 1 is 1.38 bits per heavy atom. The van der Waals surface area contributed by atoms with Crippen molar-refractivity contribution in [1.82, 2.24) is 15.2 Å². The molecular formula is C16H14N4OS3. The summed E-state index contributed by atoms with van der Waals surface area (Å²) in [5.74, 6) is 0.507. The fraction of sp³-hybridized carbons (Fsp3) is 0.250. The lowest BCUT2D eigenvalue weighted by atomic mass is 10.1. The number of aromatic nitrogens is 3. The number of carbonyl (C=O) groups is 1. The van der Waals surface area contributed by atoms with E-state index >= 15 is 0 Å². The van der Waals surface area contributed by atoms with Crippen molar-refractivity contribution in [2.45, 2.75) is 17.7 Å². The van der Waals surface area contributed by atoms with Crippen molar-refractivity contribution in [2.24, 2.45) is 0 Å². The van der Waals surface area contributed by atoms with E-state index in [1.54, 1.807) is 16.8 Å². The molecule has 0 spiro atoms. The van der Waals surface area contributed by atoms with Crippen molar-refractivity contribution < 1.29 is 4.79 Å². The maximum atomic E-state index is 12.5. The Hall–Kier alpha value is -1.77. The Morgan fingerprint density at radius 3 is 3.04 bits per heavy atom. The monoisotopic (exact) mass is 374 g/mol. The highest BCUT2D eigenvalue weighted by atomic mass is 32.2. The van der Waals surface area contributed by atoms with Crippen LogP contribution in [0.25, 0.3) is 11.3 Å². The van der Waals surface area contributed by atoms with Gasteiger partial charge in [-0.15, -0.1) is 21.5 Å². The second-order valence-electron chi connectivity index (χ2n) is 5.38. The van der Waals surface area contributed by atoms with Crippen molar-refractivity contribution in [1.29, 1.82) is 0 Å². The number of nitrogens with zero attached hydrogens (tertiary/aromatic N) is 4. The largest absolute Gasteiger partial charge is 0.311 e. The van der Waals surface area contributed by atoms with Crippen molar-refractivity contribution in [2.75, 3.05) is 17.2 Å². The number of carbonyl (C=O) groups excluding carboxylic acids is 1. The quantitative estimate of drug-likeness (QED) is 0.653. The zero-order valence-electron chi connectivity index (χ0n) is 12.9. The van der Waals surface area contributed by atoms with Gasteiger partial charge in [0.15, 0.2) is 4.34 Å². The van der Waals surface area contributed by atoms with Crippen LogP contribution in [-0.4, -0.2) is 33.4 Å². The molecule has 24 heavy (non-hydrogen) atoms. The molecule has 0 fully saturated rings. The Morgan fingerprint density at radius 2 is 2.29 bits per heavy atom. The van der Waals surface area contributed by atoms with E-state index < -0.39 is 0 Å². The fourth-order valence-electron chi connectivity index (χ4n) is 2.74. The van der Waals surface area contributed by atoms with E-state index in [1.807, 2.05) is 17.9 Å². The van der Waals surface area contributed by atoms with Gasteiger partial charge in [0.05, 0.1) is 16.5 Å². The molecule has 5 nitrogen and oxygen atoms in total. The van der Waals surface area contributed by atoms with E-state index in [-0.39, 0.29) is 5.91 Å². The lowest BCUT2D eigenvalue weighted by Crippen LogP contribution is -2.30. The molecule has 0 radical (unpaired) electrons. The van der Waals surface area contributed by atoms with Gasteiger partial charge < -0.3 is 4.90 Å². The molecule has 2 aromatic heterocycles. The smallest absolute Gasteiger partial charge is 0.237 e. The summed E-state index contributed by atoms with van der Waals surface area (Å²) < 4.78 is 0.831. The molecule has 4 rings (SSSR count). The highest BCUT2D eigenvalue weighted by Crippen LogP contribution is 2.33. The normalized spacial score (nSPS) is 13.3. The van der Waals surface area contributed by atoms with E-state index in [1.165, 1.54) is 28.7 Å². The Labute approximate surface area is 151 Å². The summed E-state index contributed by atoms with van der Waals surface area (Å²) in [5.41, 5.74) is 6.05.